The minimum Gasteiger partial charge on any atom is -0.303 e. The maximum absolute atomic E-state index is 13.6. The van der Waals surface area contributed by atoms with E-state index in [-0.39, 0.29) is 24.4 Å². The predicted molar refractivity (Wildman–Crippen MR) is 118 cm³/mol. The van der Waals surface area contributed by atoms with E-state index in [1.807, 2.05) is 26.8 Å². The molecule has 0 saturated carbocycles. The van der Waals surface area contributed by atoms with Crippen molar-refractivity contribution in [2.75, 3.05) is 4.90 Å². The lowest BCUT2D eigenvalue weighted by molar-refractivity contribution is -0.137. The van der Waals surface area contributed by atoms with E-state index in [4.69, 9.17) is 0 Å². The molecule has 9 heteroatoms. The summed E-state index contributed by atoms with van der Waals surface area (Å²) in [7, 11) is 0. The highest BCUT2D eigenvalue weighted by atomic mass is 19.4. The summed E-state index contributed by atoms with van der Waals surface area (Å²) >= 11 is 0. The third kappa shape index (κ3) is 5.24. The van der Waals surface area contributed by atoms with Gasteiger partial charge in [0.2, 0.25) is 11.8 Å². The maximum atomic E-state index is 13.6. The molecule has 0 radical (unpaired) electrons. The molecule has 2 N–H and O–H groups in total. The summed E-state index contributed by atoms with van der Waals surface area (Å²) in [5, 5.41) is 0. The second-order valence-corrected chi connectivity index (χ2v) is 8.18. The number of rotatable bonds is 8. The van der Waals surface area contributed by atoms with Gasteiger partial charge in [-0.3, -0.25) is 19.9 Å². The van der Waals surface area contributed by atoms with Gasteiger partial charge in [0.1, 0.15) is 6.29 Å². The van der Waals surface area contributed by atoms with Crippen LogP contribution < -0.4 is 15.8 Å². The van der Waals surface area contributed by atoms with Gasteiger partial charge in [0.25, 0.3) is 0 Å². The zero-order valence-corrected chi connectivity index (χ0v) is 18.6. The number of anilines is 2. The molecule has 2 atom stereocenters. The lowest BCUT2D eigenvalue weighted by Gasteiger charge is -2.24. The minimum absolute atomic E-state index is 0.00816. The summed E-state index contributed by atoms with van der Waals surface area (Å²) in [5.41, 5.74) is 7.39. The number of alkyl halides is 3. The Kier molecular flexibility index (Phi) is 7.22. The molecule has 6 nitrogen and oxygen atoms in total. The number of aldehydes is 1. The van der Waals surface area contributed by atoms with Crippen molar-refractivity contribution in [2.45, 2.75) is 58.2 Å². The van der Waals surface area contributed by atoms with Crippen molar-refractivity contribution in [3.8, 4) is 0 Å². The zero-order chi connectivity index (χ0) is 24.3. The van der Waals surface area contributed by atoms with Crippen LogP contribution in [0.3, 0.4) is 0 Å². The van der Waals surface area contributed by atoms with Crippen LogP contribution in [0.1, 0.15) is 54.4 Å². The number of halogens is 3. The number of hydrogen-bond donors (Lipinski definition) is 2. The number of carbonyl (C=O) groups excluding carboxylic acids is 3. The summed E-state index contributed by atoms with van der Waals surface area (Å²) in [6.07, 6.45) is -3.44. The maximum Gasteiger partial charge on any atom is 0.416 e. The SMILES string of the molecule is CCC(NNC(=O)CCC=O)C1C(=O)N(c2cc(C)cc(C)c2)c2cc(C(F)(F)F)ccc21. The van der Waals surface area contributed by atoms with Crippen molar-refractivity contribution in [3.05, 3.63) is 58.7 Å². The van der Waals surface area contributed by atoms with E-state index >= 15 is 0 Å². The third-order valence-electron chi connectivity index (χ3n) is 5.61. The minimum atomic E-state index is -4.56. The van der Waals surface area contributed by atoms with Gasteiger partial charge >= 0.3 is 6.18 Å². The molecule has 0 bridgehead atoms. The largest absolute Gasteiger partial charge is 0.416 e. The van der Waals surface area contributed by atoms with Gasteiger partial charge in [-0.05, 0) is 61.2 Å². The number of fused-ring (bicyclic) bond motifs is 1. The van der Waals surface area contributed by atoms with Crippen molar-refractivity contribution < 1.29 is 27.6 Å². The first-order chi connectivity index (χ1) is 15.6. The molecule has 0 fully saturated rings. The average molecular weight is 461 g/mol. The lowest BCUT2D eigenvalue weighted by Crippen LogP contribution is -2.48. The Balaban J connectivity index is 2.03. The van der Waals surface area contributed by atoms with Crippen molar-refractivity contribution >= 4 is 29.5 Å². The molecule has 1 heterocycles. The molecule has 2 aromatic carbocycles. The Morgan fingerprint density at radius 2 is 1.82 bits per heavy atom. The quantitative estimate of drug-likeness (QED) is 0.449. The fraction of sp³-hybridized carbons (Fsp3) is 0.375. The zero-order valence-electron chi connectivity index (χ0n) is 18.6. The molecule has 0 aromatic heterocycles. The van der Waals surface area contributed by atoms with Crippen LogP contribution in [0.4, 0.5) is 24.5 Å². The van der Waals surface area contributed by atoms with Crippen molar-refractivity contribution in [2.24, 2.45) is 0 Å². The standard InChI is InChI=1S/C24H26F3N3O3/c1-4-19(28-29-21(32)6-5-9-31)22-18-8-7-16(24(25,26)27)13-20(18)30(23(22)33)17-11-14(2)10-15(3)12-17/h7-13,19,22,28H,4-6H2,1-3H3,(H,29,32). The summed E-state index contributed by atoms with van der Waals surface area (Å²) in [4.78, 5) is 37.3. The average Bonchev–Trinajstić information content (AvgIpc) is 3.02. The molecular formula is C24H26F3N3O3. The second-order valence-electron chi connectivity index (χ2n) is 8.18. The molecule has 2 unspecified atom stereocenters. The van der Waals surface area contributed by atoms with E-state index in [2.05, 4.69) is 10.9 Å². The van der Waals surface area contributed by atoms with Crippen LogP contribution >= 0.6 is 0 Å². The van der Waals surface area contributed by atoms with Gasteiger partial charge in [-0.15, -0.1) is 0 Å². The molecule has 0 aliphatic carbocycles. The summed E-state index contributed by atoms with van der Waals surface area (Å²) in [6.45, 7) is 5.52. The number of aryl methyl sites for hydroxylation is 2. The summed E-state index contributed by atoms with van der Waals surface area (Å²) < 4.78 is 40.4. The summed E-state index contributed by atoms with van der Waals surface area (Å²) in [6, 6.07) is 8.17. The highest BCUT2D eigenvalue weighted by Gasteiger charge is 2.44. The molecule has 0 spiro atoms. The Morgan fingerprint density at radius 3 is 2.39 bits per heavy atom. The number of hydrazine groups is 1. The van der Waals surface area contributed by atoms with Gasteiger partial charge < -0.3 is 4.79 Å². The highest BCUT2D eigenvalue weighted by Crippen LogP contribution is 2.46. The van der Waals surface area contributed by atoms with Crippen LogP contribution in [0.2, 0.25) is 0 Å². The molecular weight excluding hydrogens is 435 g/mol. The number of nitrogens with one attached hydrogen (secondary N) is 2. The van der Waals surface area contributed by atoms with Gasteiger partial charge in [-0.25, -0.2) is 5.43 Å². The van der Waals surface area contributed by atoms with Crippen molar-refractivity contribution in [1.82, 2.24) is 10.9 Å². The van der Waals surface area contributed by atoms with Crippen molar-refractivity contribution in [1.29, 1.82) is 0 Å². The Bertz CT molecular complexity index is 1050. The molecule has 1 aliphatic rings. The van der Waals surface area contributed by atoms with E-state index < -0.39 is 29.6 Å². The lowest BCUT2D eigenvalue weighted by atomic mass is 9.91. The van der Waals surface area contributed by atoms with Gasteiger partial charge in [0, 0.05) is 24.6 Å². The number of carbonyl (C=O) groups is 3. The number of nitrogens with zero attached hydrogens (tertiary/aromatic N) is 1. The molecule has 0 saturated heterocycles. The first-order valence-corrected chi connectivity index (χ1v) is 10.7. The molecule has 176 valence electrons. The Morgan fingerprint density at radius 1 is 1.15 bits per heavy atom. The normalized spacial score (nSPS) is 16.5. The first-order valence-electron chi connectivity index (χ1n) is 10.7. The fourth-order valence-electron chi connectivity index (χ4n) is 4.15. The van der Waals surface area contributed by atoms with E-state index in [0.29, 0.717) is 24.0 Å². The van der Waals surface area contributed by atoms with Crippen LogP contribution in [-0.4, -0.2) is 24.1 Å². The number of amides is 2. The fourth-order valence-corrected chi connectivity index (χ4v) is 4.15. The van der Waals surface area contributed by atoms with Crippen molar-refractivity contribution in [3.63, 3.8) is 0 Å². The topological polar surface area (TPSA) is 78.5 Å². The van der Waals surface area contributed by atoms with E-state index in [0.717, 1.165) is 23.3 Å². The molecule has 3 rings (SSSR count). The summed E-state index contributed by atoms with van der Waals surface area (Å²) in [5.74, 6) is -1.60. The highest BCUT2D eigenvalue weighted by molar-refractivity contribution is 6.11. The van der Waals surface area contributed by atoms with E-state index in [1.165, 1.54) is 11.0 Å². The molecule has 1 aliphatic heterocycles. The molecule has 2 amide bonds. The van der Waals surface area contributed by atoms with E-state index in [9.17, 15) is 27.6 Å². The van der Waals surface area contributed by atoms with Gasteiger partial charge in [0.15, 0.2) is 0 Å². The van der Waals surface area contributed by atoms with Gasteiger partial charge in [-0.1, -0.05) is 19.1 Å². The monoisotopic (exact) mass is 461 g/mol. The van der Waals surface area contributed by atoms with Gasteiger partial charge in [0.05, 0.1) is 17.2 Å². The predicted octanol–water partition coefficient (Wildman–Crippen LogP) is 4.46. The molecule has 2 aromatic rings. The smallest absolute Gasteiger partial charge is 0.303 e. The third-order valence-corrected chi connectivity index (χ3v) is 5.61. The molecule has 33 heavy (non-hydrogen) atoms. The van der Waals surface area contributed by atoms with Crippen LogP contribution in [0, 0.1) is 13.8 Å². The second kappa shape index (κ2) is 9.74. The van der Waals surface area contributed by atoms with Crippen LogP contribution in [0.25, 0.3) is 0 Å². The Hall–Kier alpha value is -3.20. The van der Waals surface area contributed by atoms with Crippen LogP contribution in [0.5, 0.6) is 0 Å². The van der Waals surface area contributed by atoms with E-state index in [1.54, 1.807) is 12.1 Å². The Labute approximate surface area is 190 Å². The van der Waals surface area contributed by atoms with Gasteiger partial charge in [-0.2, -0.15) is 13.2 Å². The first kappa shape index (κ1) is 24.4. The number of benzene rings is 2. The van der Waals surface area contributed by atoms with Crippen LogP contribution in [0.15, 0.2) is 36.4 Å². The van der Waals surface area contributed by atoms with Crippen LogP contribution in [-0.2, 0) is 20.6 Å². The number of hydrogen-bond acceptors (Lipinski definition) is 4.